The van der Waals surface area contributed by atoms with Gasteiger partial charge in [-0.05, 0) is 99.1 Å². The van der Waals surface area contributed by atoms with E-state index in [-0.39, 0.29) is 0 Å². The number of furan rings is 1. The van der Waals surface area contributed by atoms with Crippen molar-refractivity contribution < 1.29 is 4.42 Å². The molecule has 0 aliphatic heterocycles. The maximum Gasteiger partial charge on any atom is 0.164 e. The Morgan fingerprint density at radius 3 is 1.11 bits per heavy atom. The highest BCUT2D eigenvalue weighted by molar-refractivity contribution is 6.06. The molecule has 10 aromatic rings. The molecule has 55 heavy (non-hydrogen) atoms. The first-order chi connectivity index (χ1) is 27.2. The molecule has 0 radical (unpaired) electrons. The number of aromatic nitrogens is 3. The highest BCUT2D eigenvalue weighted by Gasteiger charge is 2.17. The van der Waals surface area contributed by atoms with E-state index in [2.05, 4.69) is 121 Å². The van der Waals surface area contributed by atoms with E-state index in [1.54, 1.807) is 0 Å². The number of hydrogen-bond donors (Lipinski definition) is 0. The first-order valence-electron chi connectivity index (χ1n) is 18.4. The molecule has 0 aliphatic rings. The topological polar surface area (TPSA) is 51.8 Å². The Kier molecular flexibility index (Phi) is 8.12. The molecule has 0 atom stereocenters. The van der Waals surface area contributed by atoms with Crippen LogP contribution in [0.25, 0.3) is 101 Å². The van der Waals surface area contributed by atoms with Crippen molar-refractivity contribution in [3.8, 4) is 78.7 Å². The molecule has 0 spiro atoms. The van der Waals surface area contributed by atoms with Gasteiger partial charge in [0.05, 0.1) is 0 Å². The smallest absolute Gasteiger partial charge is 0.164 e. The second-order valence-electron chi connectivity index (χ2n) is 13.7. The van der Waals surface area contributed by atoms with E-state index in [0.717, 1.165) is 83.1 Å². The van der Waals surface area contributed by atoms with Crippen molar-refractivity contribution in [3.63, 3.8) is 0 Å². The minimum absolute atomic E-state index is 0.613. The van der Waals surface area contributed by atoms with Crippen molar-refractivity contribution in [2.75, 3.05) is 0 Å². The van der Waals surface area contributed by atoms with Gasteiger partial charge in [0.15, 0.2) is 17.5 Å². The predicted octanol–water partition coefficient (Wildman–Crippen LogP) is 13.4. The highest BCUT2D eigenvalue weighted by Crippen LogP contribution is 2.39. The van der Waals surface area contributed by atoms with E-state index < -0.39 is 0 Å². The van der Waals surface area contributed by atoms with Gasteiger partial charge < -0.3 is 4.42 Å². The fourth-order valence-corrected chi connectivity index (χ4v) is 7.32. The highest BCUT2D eigenvalue weighted by atomic mass is 16.3. The molecule has 0 saturated carbocycles. The minimum Gasteiger partial charge on any atom is -0.456 e. The zero-order chi connectivity index (χ0) is 36.6. The Hall–Kier alpha value is -7.43. The summed E-state index contributed by atoms with van der Waals surface area (Å²) in [5.41, 5.74) is 13.3. The van der Waals surface area contributed by atoms with Crippen molar-refractivity contribution in [2.45, 2.75) is 0 Å². The van der Waals surface area contributed by atoms with Gasteiger partial charge >= 0.3 is 0 Å². The molecule has 0 amide bonds. The van der Waals surface area contributed by atoms with Crippen LogP contribution in [0.1, 0.15) is 0 Å². The van der Waals surface area contributed by atoms with Crippen molar-refractivity contribution >= 4 is 21.9 Å². The summed E-state index contributed by atoms with van der Waals surface area (Å²) in [6.07, 6.45) is 0. The third kappa shape index (κ3) is 6.36. The predicted molar refractivity (Wildman–Crippen MR) is 225 cm³/mol. The minimum atomic E-state index is 0.613. The summed E-state index contributed by atoms with van der Waals surface area (Å²) in [4.78, 5) is 15.2. The van der Waals surface area contributed by atoms with Crippen molar-refractivity contribution in [2.24, 2.45) is 0 Å². The van der Waals surface area contributed by atoms with Crippen LogP contribution in [0, 0.1) is 0 Å². The molecule has 8 aromatic carbocycles. The van der Waals surface area contributed by atoms with Gasteiger partial charge in [0.25, 0.3) is 0 Å². The maximum atomic E-state index is 6.34. The Labute approximate surface area is 319 Å². The SMILES string of the molecule is c1ccc(-c2cc(-c3cc(-c4ccccc4)cc(-c4nc(-c5ccccc5)nc(-c5ccccc5)n4)c3)cc(-c3ccc4c(c3)oc3ccccc34)c2)cc1. The second-order valence-corrected chi connectivity index (χ2v) is 13.7. The molecular weight excluding hydrogens is 671 g/mol. The number of hydrogen-bond acceptors (Lipinski definition) is 4. The third-order valence-corrected chi connectivity index (χ3v) is 10.1. The van der Waals surface area contributed by atoms with Crippen LogP contribution in [0.15, 0.2) is 205 Å². The lowest BCUT2D eigenvalue weighted by atomic mass is 9.90. The molecule has 0 fully saturated rings. The fourth-order valence-electron chi connectivity index (χ4n) is 7.32. The Bertz CT molecular complexity index is 2900. The van der Waals surface area contributed by atoms with Crippen LogP contribution in [-0.4, -0.2) is 15.0 Å². The van der Waals surface area contributed by atoms with Crippen LogP contribution < -0.4 is 0 Å². The van der Waals surface area contributed by atoms with Gasteiger partial charge in [-0.1, -0.05) is 146 Å². The Balaban J connectivity index is 1.19. The molecule has 0 N–H and O–H groups in total. The normalized spacial score (nSPS) is 11.3. The summed E-state index contributed by atoms with van der Waals surface area (Å²) in [7, 11) is 0. The second kappa shape index (κ2) is 13.8. The Morgan fingerprint density at radius 1 is 0.236 bits per heavy atom. The molecule has 0 aliphatic carbocycles. The van der Waals surface area contributed by atoms with Crippen molar-refractivity contribution in [1.82, 2.24) is 15.0 Å². The van der Waals surface area contributed by atoms with Crippen LogP contribution >= 0.6 is 0 Å². The van der Waals surface area contributed by atoms with E-state index >= 15 is 0 Å². The molecule has 0 saturated heterocycles. The number of rotatable bonds is 7. The first kappa shape index (κ1) is 32.2. The molecule has 4 heteroatoms. The summed E-state index contributed by atoms with van der Waals surface area (Å²) >= 11 is 0. The molecule has 258 valence electrons. The molecule has 0 unspecified atom stereocenters. The summed E-state index contributed by atoms with van der Waals surface area (Å²) < 4.78 is 6.34. The zero-order valence-corrected chi connectivity index (χ0v) is 29.8. The van der Waals surface area contributed by atoms with Gasteiger partial charge in [-0.25, -0.2) is 15.0 Å². The van der Waals surface area contributed by atoms with Crippen LogP contribution in [-0.2, 0) is 0 Å². The average molecular weight is 704 g/mol. The number of para-hydroxylation sites is 1. The summed E-state index contributed by atoms with van der Waals surface area (Å²) in [6.45, 7) is 0. The lowest BCUT2D eigenvalue weighted by Gasteiger charge is -2.15. The van der Waals surface area contributed by atoms with E-state index in [1.807, 2.05) is 78.9 Å². The zero-order valence-electron chi connectivity index (χ0n) is 29.8. The van der Waals surface area contributed by atoms with Crippen LogP contribution in [0.5, 0.6) is 0 Å². The van der Waals surface area contributed by atoms with E-state index in [1.165, 1.54) is 0 Å². The van der Waals surface area contributed by atoms with Crippen LogP contribution in [0.2, 0.25) is 0 Å². The van der Waals surface area contributed by atoms with Crippen LogP contribution in [0.3, 0.4) is 0 Å². The summed E-state index contributed by atoms with van der Waals surface area (Å²) in [6, 6.07) is 69.5. The van der Waals surface area contributed by atoms with Gasteiger partial charge in [-0.15, -0.1) is 0 Å². The van der Waals surface area contributed by atoms with Crippen molar-refractivity contribution in [1.29, 1.82) is 0 Å². The molecule has 10 rings (SSSR count). The lowest BCUT2D eigenvalue weighted by molar-refractivity contribution is 0.669. The van der Waals surface area contributed by atoms with Crippen LogP contribution in [0.4, 0.5) is 0 Å². The van der Waals surface area contributed by atoms with E-state index in [4.69, 9.17) is 19.4 Å². The number of fused-ring (bicyclic) bond motifs is 3. The van der Waals surface area contributed by atoms with Gasteiger partial charge in [-0.2, -0.15) is 0 Å². The number of nitrogens with zero attached hydrogens (tertiary/aromatic N) is 3. The monoisotopic (exact) mass is 703 g/mol. The molecule has 2 aromatic heterocycles. The van der Waals surface area contributed by atoms with Gasteiger partial charge in [0.2, 0.25) is 0 Å². The van der Waals surface area contributed by atoms with Gasteiger partial charge in [0, 0.05) is 27.5 Å². The first-order valence-corrected chi connectivity index (χ1v) is 18.4. The largest absolute Gasteiger partial charge is 0.456 e. The number of benzene rings is 8. The van der Waals surface area contributed by atoms with Gasteiger partial charge in [-0.3, -0.25) is 0 Å². The molecule has 0 bridgehead atoms. The van der Waals surface area contributed by atoms with Gasteiger partial charge in [0.1, 0.15) is 11.2 Å². The fraction of sp³-hybridized carbons (Fsp3) is 0. The maximum absolute atomic E-state index is 6.34. The van der Waals surface area contributed by atoms with E-state index in [9.17, 15) is 0 Å². The molecular formula is C51H33N3O. The molecule has 2 heterocycles. The Morgan fingerprint density at radius 2 is 0.600 bits per heavy atom. The van der Waals surface area contributed by atoms with E-state index in [0.29, 0.717) is 17.5 Å². The average Bonchev–Trinajstić information content (AvgIpc) is 3.65. The quantitative estimate of drug-likeness (QED) is 0.166. The lowest BCUT2D eigenvalue weighted by Crippen LogP contribution is -2.00. The molecule has 4 nitrogen and oxygen atoms in total. The van der Waals surface area contributed by atoms with Crippen molar-refractivity contribution in [3.05, 3.63) is 200 Å². The summed E-state index contributed by atoms with van der Waals surface area (Å²) in [5, 5.41) is 2.23. The third-order valence-electron chi connectivity index (χ3n) is 10.1. The summed E-state index contributed by atoms with van der Waals surface area (Å²) in [5.74, 6) is 1.87. The standard InChI is InChI=1S/C51H33N3O/c1-5-15-34(16-6-1)39-27-41(38-25-26-46-45-23-13-14-24-47(45)55-48(46)33-38)30-42(28-39)43-29-40(35-17-7-2-8-18-35)31-44(32-43)51-53-49(36-19-9-3-10-20-36)52-50(54-51)37-21-11-4-12-22-37/h1-33H.